The third-order valence-electron chi connectivity index (χ3n) is 4.00. The number of aromatic nitrogens is 1. The number of thioether (sulfide) groups is 1. The lowest BCUT2D eigenvalue weighted by Gasteiger charge is -2.33. The fraction of sp³-hybridized carbons (Fsp3) is 0.333. The van der Waals surface area contributed by atoms with Crippen molar-refractivity contribution in [3.8, 4) is 0 Å². The van der Waals surface area contributed by atoms with Crippen LogP contribution >= 0.6 is 11.8 Å². The van der Waals surface area contributed by atoms with Gasteiger partial charge in [0, 0.05) is 12.7 Å². The highest BCUT2D eigenvalue weighted by Crippen LogP contribution is 2.29. The topological polar surface area (TPSA) is 42.4 Å². The molecule has 0 aliphatic carbocycles. The van der Waals surface area contributed by atoms with Gasteiger partial charge in [0.15, 0.2) is 0 Å². The maximum Gasteiger partial charge on any atom is 0.417 e. The van der Waals surface area contributed by atoms with Gasteiger partial charge in [-0.05, 0) is 17.7 Å². The molecular weight excluding hydrogens is 365 g/mol. The van der Waals surface area contributed by atoms with Gasteiger partial charge in [-0.2, -0.15) is 13.2 Å². The molecule has 0 N–H and O–H groups in total. The quantitative estimate of drug-likeness (QED) is 0.755. The summed E-state index contributed by atoms with van der Waals surface area (Å²) in [5, 5.41) is 0.388. The largest absolute Gasteiger partial charge is 0.417 e. The van der Waals surface area contributed by atoms with E-state index in [4.69, 9.17) is 4.74 Å². The Kier molecular flexibility index (Phi) is 5.83. The molecule has 1 aliphatic heterocycles. The first-order valence-electron chi connectivity index (χ1n) is 8.04. The zero-order valence-electron chi connectivity index (χ0n) is 13.8. The Morgan fingerprint density at radius 2 is 2.00 bits per heavy atom. The molecule has 0 radical (unpaired) electrons. The molecule has 0 bridgehead atoms. The second kappa shape index (κ2) is 8.09. The number of alkyl halides is 3. The van der Waals surface area contributed by atoms with Crippen LogP contribution < -0.4 is 0 Å². The van der Waals surface area contributed by atoms with E-state index in [0.29, 0.717) is 24.7 Å². The van der Waals surface area contributed by atoms with Crippen LogP contribution in [0.2, 0.25) is 0 Å². The molecule has 8 heteroatoms. The van der Waals surface area contributed by atoms with Crippen LogP contribution in [-0.4, -0.2) is 41.2 Å². The number of halogens is 3. The number of carbonyl (C=O) groups excluding carboxylic acids is 1. The van der Waals surface area contributed by atoms with Crippen molar-refractivity contribution in [2.45, 2.75) is 17.3 Å². The average molecular weight is 382 g/mol. The number of amides is 1. The summed E-state index contributed by atoms with van der Waals surface area (Å²) in [5.41, 5.74) is 0.217. The van der Waals surface area contributed by atoms with Crippen LogP contribution in [0.5, 0.6) is 0 Å². The van der Waals surface area contributed by atoms with Gasteiger partial charge in [-0.25, -0.2) is 4.98 Å². The van der Waals surface area contributed by atoms with E-state index >= 15 is 0 Å². The maximum absolute atomic E-state index is 12.5. The lowest BCUT2D eigenvalue weighted by molar-refractivity contribution is -0.138. The summed E-state index contributed by atoms with van der Waals surface area (Å²) in [6.45, 7) is 1.42. The van der Waals surface area contributed by atoms with Crippen LogP contribution in [0.1, 0.15) is 17.2 Å². The van der Waals surface area contributed by atoms with Crippen molar-refractivity contribution >= 4 is 17.7 Å². The fourth-order valence-electron chi connectivity index (χ4n) is 2.61. The van der Waals surface area contributed by atoms with Gasteiger partial charge in [-0.3, -0.25) is 4.79 Å². The van der Waals surface area contributed by atoms with Gasteiger partial charge in [-0.1, -0.05) is 42.1 Å². The molecule has 0 saturated carbocycles. The van der Waals surface area contributed by atoms with Gasteiger partial charge >= 0.3 is 6.18 Å². The SMILES string of the molecule is O=C(CSc1ccc(C(F)(F)F)cn1)N1CCOC(c2ccccc2)C1. The van der Waals surface area contributed by atoms with Crippen LogP contribution in [0, 0.1) is 0 Å². The van der Waals surface area contributed by atoms with E-state index in [1.54, 1.807) is 4.90 Å². The Hall–Kier alpha value is -2.06. The molecule has 1 aliphatic rings. The minimum atomic E-state index is -4.41. The molecule has 138 valence electrons. The Labute approximate surface area is 153 Å². The number of ether oxygens (including phenoxy) is 1. The Balaban J connectivity index is 1.54. The number of rotatable bonds is 4. The molecule has 1 aromatic heterocycles. The summed E-state index contributed by atoms with van der Waals surface area (Å²) >= 11 is 1.13. The van der Waals surface area contributed by atoms with Crippen molar-refractivity contribution in [1.82, 2.24) is 9.88 Å². The molecule has 1 fully saturated rings. The second-order valence-electron chi connectivity index (χ2n) is 5.78. The number of morpholine rings is 1. The van der Waals surface area contributed by atoms with Crippen LogP contribution in [0.3, 0.4) is 0 Å². The van der Waals surface area contributed by atoms with Gasteiger partial charge in [0.25, 0.3) is 0 Å². The van der Waals surface area contributed by atoms with Crippen molar-refractivity contribution in [3.05, 3.63) is 59.8 Å². The van der Waals surface area contributed by atoms with E-state index in [2.05, 4.69) is 4.98 Å². The second-order valence-corrected chi connectivity index (χ2v) is 6.78. The zero-order chi connectivity index (χ0) is 18.6. The van der Waals surface area contributed by atoms with Gasteiger partial charge in [0.2, 0.25) is 5.91 Å². The van der Waals surface area contributed by atoms with Gasteiger partial charge in [0.1, 0.15) is 6.10 Å². The van der Waals surface area contributed by atoms with Crippen molar-refractivity contribution < 1.29 is 22.7 Å². The summed E-state index contributed by atoms with van der Waals surface area (Å²) in [6, 6.07) is 11.9. The van der Waals surface area contributed by atoms with E-state index in [1.807, 2.05) is 30.3 Å². The van der Waals surface area contributed by atoms with Crippen molar-refractivity contribution in [3.63, 3.8) is 0 Å². The number of pyridine rings is 1. The third-order valence-corrected chi connectivity index (χ3v) is 4.93. The molecular formula is C18H17F3N2O2S. The molecule has 2 aromatic rings. The average Bonchev–Trinajstić information content (AvgIpc) is 2.66. The normalized spacial score (nSPS) is 18.0. The lowest BCUT2D eigenvalue weighted by Crippen LogP contribution is -2.43. The fourth-order valence-corrected chi connectivity index (χ4v) is 3.35. The first-order chi connectivity index (χ1) is 12.4. The van der Waals surface area contributed by atoms with Crippen LogP contribution in [0.4, 0.5) is 13.2 Å². The summed E-state index contributed by atoms with van der Waals surface area (Å²) < 4.78 is 43.3. The molecule has 1 aromatic carbocycles. The van der Waals surface area contributed by atoms with E-state index in [-0.39, 0.29) is 17.8 Å². The van der Waals surface area contributed by atoms with E-state index < -0.39 is 11.7 Å². The highest BCUT2D eigenvalue weighted by Gasteiger charge is 2.30. The van der Waals surface area contributed by atoms with Crippen LogP contribution in [0.25, 0.3) is 0 Å². The summed E-state index contributed by atoms with van der Waals surface area (Å²) in [6.07, 6.45) is -3.79. The predicted molar refractivity (Wildman–Crippen MR) is 91.7 cm³/mol. The summed E-state index contributed by atoms with van der Waals surface area (Å²) in [5.74, 6) is 0.0424. The van der Waals surface area contributed by atoms with Gasteiger partial charge in [-0.15, -0.1) is 0 Å². The minimum Gasteiger partial charge on any atom is -0.370 e. The highest BCUT2D eigenvalue weighted by molar-refractivity contribution is 7.99. The van der Waals surface area contributed by atoms with Crippen molar-refractivity contribution in [2.24, 2.45) is 0 Å². The van der Waals surface area contributed by atoms with Gasteiger partial charge in [0.05, 0.1) is 29.5 Å². The number of hydrogen-bond acceptors (Lipinski definition) is 4. The van der Waals surface area contributed by atoms with E-state index in [0.717, 1.165) is 29.6 Å². The molecule has 3 rings (SSSR count). The number of hydrogen-bond donors (Lipinski definition) is 0. The van der Waals surface area contributed by atoms with Crippen LogP contribution in [-0.2, 0) is 15.7 Å². The smallest absolute Gasteiger partial charge is 0.370 e. The maximum atomic E-state index is 12.5. The molecule has 26 heavy (non-hydrogen) atoms. The number of benzene rings is 1. The van der Waals surface area contributed by atoms with E-state index in [1.165, 1.54) is 6.07 Å². The molecule has 1 unspecified atom stereocenters. The van der Waals surface area contributed by atoms with Gasteiger partial charge < -0.3 is 9.64 Å². The first kappa shape index (κ1) is 18.7. The number of nitrogens with zero attached hydrogens (tertiary/aromatic N) is 2. The first-order valence-corrected chi connectivity index (χ1v) is 9.02. The third kappa shape index (κ3) is 4.76. The monoisotopic (exact) mass is 382 g/mol. The molecule has 0 spiro atoms. The molecule has 1 saturated heterocycles. The zero-order valence-corrected chi connectivity index (χ0v) is 14.6. The Morgan fingerprint density at radius 3 is 2.65 bits per heavy atom. The summed E-state index contributed by atoms with van der Waals surface area (Å²) in [4.78, 5) is 17.9. The van der Waals surface area contributed by atoms with E-state index in [9.17, 15) is 18.0 Å². The van der Waals surface area contributed by atoms with Crippen LogP contribution in [0.15, 0.2) is 53.7 Å². The number of carbonyl (C=O) groups is 1. The highest BCUT2D eigenvalue weighted by atomic mass is 32.2. The summed E-state index contributed by atoms with van der Waals surface area (Å²) in [7, 11) is 0. The molecule has 2 heterocycles. The predicted octanol–water partition coefficient (Wildman–Crippen LogP) is 3.79. The standard InChI is InChI=1S/C18H17F3N2O2S/c19-18(20,21)14-6-7-16(22-10-14)26-12-17(24)23-8-9-25-15(11-23)13-4-2-1-3-5-13/h1-7,10,15H,8-9,11-12H2. The molecule has 1 atom stereocenters. The Bertz CT molecular complexity index is 738. The lowest BCUT2D eigenvalue weighted by atomic mass is 10.1. The molecule has 4 nitrogen and oxygen atoms in total. The molecule has 1 amide bonds. The van der Waals surface area contributed by atoms with Crippen molar-refractivity contribution in [1.29, 1.82) is 0 Å². The Morgan fingerprint density at radius 1 is 1.23 bits per heavy atom. The van der Waals surface area contributed by atoms with Crippen molar-refractivity contribution in [2.75, 3.05) is 25.4 Å². The minimum absolute atomic E-state index is 0.0825.